The molecule has 1 aliphatic carbocycles. The summed E-state index contributed by atoms with van der Waals surface area (Å²) in [5, 5.41) is 8.52. The molecule has 1 amide bonds. The maximum atomic E-state index is 12.6. The minimum absolute atomic E-state index is 0.274. The molecule has 2 saturated heterocycles. The van der Waals surface area contributed by atoms with Gasteiger partial charge < -0.3 is 19.4 Å². The van der Waals surface area contributed by atoms with E-state index in [0.29, 0.717) is 5.91 Å². The van der Waals surface area contributed by atoms with Gasteiger partial charge in [-0.15, -0.1) is 5.10 Å². The lowest BCUT2D eigenvalue weighted by atomic mass is 10.1. The lowest BCUT2D eigenvalue weighted by Gasteiger charge is -2.36. The number of aromatic nitrogens is 2. The molecule has 4 rings (SSSR count). The number of hydrogen-bond donors (Lipinski definition) is 0. The Morgan fingerprint density at radius 3 is 2.44 bits per heavy atom. The van der Waals surface area contributed by atoms with Gasteiger partial charge in [0.15, 0.2) is 5.82 Å². The Morgan fingerprint density at radius 1 is 1.00 bits per heavy atom. The van der Waals surface area contributed by atoms with E-state index in [4.69, 9.17) is 4.74 Å². The minimum Gasteiger partial charge on any atom is -0.378 e. The van der Waals surface area contributed by atoms with Crippen molar-refractivity contribution in [3.05, 3.63) is 12.3 Å². The second kappa shape index (κ2) is 7.56. The van der Waals surface area contributed by atoms with Crippen molar-refractivity contribution >= 4 is 17.4 Å². The van der Waals surface area contributed by atoms with Gasteiger partial charge in [-0.3, -0.25) is 4.79 Å². The standard InChI is InChI=1S/C18H27N5O2/c24-18(15-3-1-2-4-15)23-7-5-22(6-8-23)17-13-16(14-19-20-17)21-9-11-25-12-10-21/h13-15H,1-12H2. The van der Waals surface area contributed by atoms with Crippen molar-refractivity contribution in [1.82, 2.24) is 15.1 Å². The van der Waals surface area contributed by atoms with Crippen LogP contribution in [0.4, 0.5) is 11.5 Å². The van der Waals surface area contributed by atoms with Gasteiger partial charge in [0.1, 0.15) is 0 Å². The number of carbonyl (C=O) groups is 1. The largest absolute Gasteiger partial charge is 0.378 e. The van der Waals surface area contributed by atoms with Gasteiger partial charge in [-0.25, -0.2) is 0 Å². The van der Waals surface area contributed by atoms with Crippen molar-refractivity contribution in [3.8, 4) is 0 Å². The van der Waals surface area contributed by atoms with Crippen molar-refractivity contribution in [2.75, 3.05) is 62.3 Å². The summed E-state index contributed by atoms with van der Waals surface area (Å²) in [5.74, 6) is 1.55. The first kappa shape index (κ1) is 16.6. The van der Waals surface area contributed by atoms with Crippen LogP contribution in [0, 0.1) is 5.92 Å². The summed E-state index contributed by atoms with van der Waals surface area (Å²) < 4.78 is 5.42. The van der Waals surface area contributed by atoms with Crippen LogP contribution in [0.5, 0.6) is 0 Å². The molecule has 0 radical (unpaired) electrons. The molecule has 2 aliphatic heterocycles. The molecule has 0 spiro atoms. The Labute approximate surface area is 148 Å². The number of hydrogen-bond acceptors (Lipinski definition) is 6. The molecule has 0 N–H and O–H groups in total. The van der Waals surface area contributed by atoms with Crippen LogP contribution in [0.2, 0.25) is 0 Å². The van der Waals surface area contributed by atoms with Gasteiger partial charge in [0, 0.05) is 51.3 Å². The Morgan fingerprint density at radius 2 is 1.72 bits per heavy atom. The first-order valence-electron chi connectivity index (χ1n) is 9.50. The average molecular weight is 345 g/mol. The summed E-state index contributed by atoms with van der Waals surface area (Å²) in [6.07, 6.45) is 6.40. The fourth-order valence-electron chi connectivity index (χ4n) is 4.08. The first-order chi connectivity index (χ1) is 12.3. The quantitative estimate of drug-likeness (QED) is 0.819. The van der Waals surface area contributed by atoms with E-state index in [2.05, 4.69) is 26.1 Å². The van der Waals surface area contributed by atoms with Gasteiger partial charge in [-0.2, -0.15) is 5.10 Å². The first-order valence-corrected chi connectivity index (χ1v) is 9.50. The van der Waals surface area contributed by atoms with Crippen LogP contribution in [0.15, 0.2) is 12.3 Å². The molecule has 7 heteroatoms. The lowest BCUT2D eigenvalue weighted by molar-refractivity contribution is -0.135. The van der Waals surface area contributed by atoms with E-state index in [9.17, 15) is 4.79 Å². The fourth-order valence-corrected chi connectivity index (χ4v) is 4.08. The molecule has 0 aromatic carbocycles. The SMILES string of the molecule is O=C(C1CCCC1)N1CCN(c2cc(N3CCOCC3)cnn2)CC1. The second-order valence-electron chi connectivity index (χ2n) is 7.17. The molecule has 0 bridgehead atoms. The van der Waals surface area contributed by atoms with Gasteiger partial charge in [0.25, 0.3) is 0 Å². The van der Waals surface area contributed by atoms with Gasteiger partial charge in [-0.1, -0.05) is 12.8 Å². The van der Waals surface area contributed by atoms with Crippen LogP contribution in [0.1, 0.15) is 25.7 Å². The van der Waals surface area contributed by atoms with Crippen molar-refractivity contribution in [2.45, 2.75) is 25.7 Å². The number of carbonyl (C=O) groups excluding carboxylic acids is 1. The summed E-state index contributed by atoms with van der Waals surface area (Å²) in [6, 6.07) is 2.12. The van der Waals surface area contributed by atoms with E-state index in [1.807, 2.05) is 11.1 Å². The van der Waals surface area contributed by atoms with Crippen LogP contribution in [-0.2, 0) is 9.53 Å². The van der Waals surface area contributed by atoms with Crippen LogP contribution < -0.4 is 9.80 Å². The summed E-state index contributed by atoms with van der Waals surface area (Å²) in [7, 11) is 0. The highest BCUT2D eigenvalue weighted by Crippen LogP contribution is 2.27. The molecule has 3 fully saturated rings. The van der Waals surface area contributed by atoms with Gasteiger partial charge in [-0.05, 0) is 12.8 Å². The summed E-state index contributed by atoms with van der Waals surface area (Å²) in [6.45, 7) is 6.57. The topological polar surface area (TPSA) is 61.8 Å². The number of anilines is 2. The van der Waals surface area contributed by atoms with Crippen molar-refractivity contribution in [3.63, 3.8) is 0 Å². The number of ether oxygens (including phenoxy) is 1. The molecule has 7 nitrogen and oxygen atoms in total. The molecule has 136 valence electrons. The lowest BCUT2D eigenvalue weighted by Crippen LogP contribution is -2.50. The summed E-state index contributed by atoms with van der Waals surface area (Å²) in [4.78, 5) is 19.2. The monoisotopic (exact) mass is 345 g/mol. The Bertz CT molecular complexity index is 591. The van der Waals surface area contributed by atoms with Crippen molar-refractivity contribution in [1.29, 1.82) is 0 Å². The molecule has 1 aromatic rings. The predicted molar refractivity (Wildman–Crippen MR) is 95.8 cm³/mol. The smallest absolute Gasteiger partial charge is 0.225 e. The normalized spacial score (nSPS) is 22.5. The second-order valence-corrected chi connectivity index (χ2v) is 7.17. The van der Waals surface area contributed by atoms with Crippen LogP contribution in [0.25, 0.3) is 0 Å². The zero-order valence-corrected chi connectivity index (χ0v) is 14.8. The number of nitrogens with zero attached hydrogens (tertiary/aromatic N) is 5. The molecular weight excluding hydrogens is 318 g/mol. The predicted octanol–water partition coefficient (Wildman–Crippen LogP) is 1.15. The zero-order chi connectivity index (χ0) is 17.1. The van der Waals surface area contributed by atoms with Gasteiger partial charge in [0.2, 0.25) is 5.91 Å². The molecule has 1 saturated carbocycles. The van der Waals surface area contributed by atoms with Crippen molar-refractivity contribution < 1.29 is 9.53 Å². The molecule has 0 unspecified atom stereocenters. The van der Waals surface area contributed by atoms with Gasteiger partial charge in [0.05, 0.1) is 25.1 Å². The number of morpholine rings is 1. The highest BCUT2D eigenvalue weighted by molar-refractivity contribution is 5.79. The third kappa shape index (κ3) is 3.71. The van der Waals surface area contributed by atoms with Gasteiger partial charge >= 0.3 is 0 Å². The summed E-state index contributed by atoms with van der Waals surface area (Å²) in [5.41, 5.74) is 1.11. The molecular formula is C18H27N5O2. The molecule has 1 aromatic heterocycles. The van der Waals surface area contributed by atoms with Crippen LogP contribution in [0.3, 0.4) is 0 Å². The van der Waals surface area contributed by atoms with Crippen molar-refractivity contribution in [2.24, 2.45) is 5.92 Å². The minimum atomic E-state index is 0.274. The average Bonchev–Trinajstić information content (AvgIpc) is 3.23. The Balaban J connectivity index is 1.36. The van der Waals surface area contributed by atoms with E-state index in [0.717, 1.165) is 76.8 Å². The molecule has 25 heavy (non-hydrogen) atoms. The Hall–Kier alpha value is -1.89. The van der Waals surface area contributed by atoms with Crippen LogP contribution >= 0.6 is 0 Å². The highest BCUT2D eigenvalue weighted by atomic mass is 16.5. The highest BCUT2D eigenvalue weighted by Gasteiger charge is 2.29. The Kier molecular flexibility index (Phi) is 5.01. The van der Waals surface area contributed by atoms with E-state index < -0.39 is 0 Å². The van der Waals surface area contributed by atoms with Crippen LogP contribution in [-0.4, -0.2) is 73.5 Å². The fraction of sp³-hybridized carbons (Fsp3) is 0.722. The van der Waals surface area contributed by atoms with E-state index in [1.165, 1.54) is 12.8 Å². The molecule has 0 atom stereocenters. The maximum absolute atomic E-state index is 12.6. The summed E-state index contributed by atoms with van der Waals surface area (Å²) >= 11 is 0. The third-order valence-electron chi connectivity index (χ3n) is 5.62. The number of rotatable bonds is 3. The molecule has 3 aliphatic rings. The maximum Gasteiger partial charge on any atom is 0.225 e. The number of piperazine rings is 1. The van der Waals surface area contributed by atoms with E-state index >= 15 is 0 Å². The number of amides is 1. The third-order valence-corrected chi connectivity index (χ3v) is 5.62. The molecule has 3 heterocycles. The van der Waals surface area contributed by atoms with E-state index in [-0.39, 0.29) is 5.92 Å². The van der Waals surface area contributed by atoms with E-state index in [1.54, 1.807) is 0 Å². The zero-order valence-electron chi connectivity index (χ0n) is 14.8.